The Morgan fingerprint density at radius 1 is 1.40 bits per heavy atom. The quantitative estimate of drug-likeness (QED) is 0.619. The van der Waals surface area contributed by atoms with Crippen molar-refractivity contribution in [2.75, 3.05) is 6.26 Å². The molecule has 0 aliphatic rings. The van der Waals surface area contributed by atoms with Crippen LogP contribution in [0.15, 0.2) is 29.2 Å². The third kappa shape index (κ3) is 1.43. The Kier molecular flexibility index (Phi) is 2.19. The van der Waals surface area contributed by atoms with Crippen LogP contribution in [-0.2, 0) is 11.2 Å². The lowest BCUT2D eigenvalue weighted by molar-refractivity contribution is 0.459. The molecule has 0 radical (unpaired) electrons. The van der Waals surface area contributed by atoms with Crippen LogP contribution in [0, 0.1) is 0 Å². The molecule has 0 saturated heterocycles. The van der Waals surface area contributed by atoms with Crippen molar-refractivity contribution in [3.8, 4) is 5.75 Å². The highest BCUT2D eigenvalue weighted by atomic mass is 32.2. The molecule has 0 aliphatic carbocycles. The molecular formula is C7H8O2S. The van der Waals surface area contributed by atoms with Crippen LogP contribution >= 0.6 is 0 Å². The summed E-state index contributed by atoms with van der Waals surface area (Å²) < 4.78 is 10.8. The van der Waals surface area contributed by atoms with E-state index in [4.69, 9.17) is 5.11 Å². The Labute approximate surface area is 62.7 Å². The molecule has 0 saturated carbocycles. The van der Waals surface area contributed by atoms with E-state index in [1.54, 1.807) is 18.2 Å². The van der Waals surface area contributed by atoms with Gasteiger partial charge in [0, 0.05) is 0 Å². The molecule has 1 atom stereocenters. The van der Waals surface area contributed by atoms with E-state index in [0.717, 1.165) is 0 Å². The summed E-state index contributed by atoms with van der Waals surface area (Å²) in [5.74, 6) is 0.100. The van der Waals surface area contributed by atoms with Crippen LogP contribution in [0.5, 0.6) is 5.75 Å². The van der Waals surface area contributed by atoms with Crippen LogP contribution in [0.4, 0.5) is 0 Å². The molecule has 1 unspecified atom stereocenters. The largest absolute Gasteiger partial charge is 0.612 e. The minimum Gasteiger partial charge on any atom is -0.612 e. The molecule has 1 aromatic rings. The monoisotopic (exact) mass is 156 g/mol. The van der Waals surface area contributed by atoms with E-state index in [1.165, 1.54) is 12.3 Å². The van der Waals surface area contributed by atoms with Gasteiger partial charge in [-0.2, -0.15) is 0 Å². The summed E-state index contributed by atoms with van der Waals surface area (Å²) in [5, 5.41) is 9.09. The second-order valence-electron chi connectivity index (χ2n) is 1.92. The highest BCUT2D eigenvalue weighted by molar-refractivity contribution is 7.90. The Morgan fingerprint density at radius 3 is 2.40 bits per heavy atom. The smallest absolute Gasteiger partial charge is 0.194 e. The zero-order chi connectivity index (χ0) is 7.56. The number of aromatic hydroxyl groups is 1. The van der Waals surface area contributed by atoms with E-state index in [0.29, 0.717) is 4.90 Å². The molecular weight excluding hydrogens is 148 g/mol. The van der Waals surface area contributed by atoms with Gasteiger partial charge in [-0.15, -0.1) is 0 Å². The van der Waals surface area contributed by atoms with Crippen LogP contribution in [-0.4, -0.2) is 15.9 Å². The number of hydrogen-bond acceptors (Lipinski definition) is 2. The standard InChI is InChI=1S/C7H8O2S/c1-10(9)7-5-3-2-4-6(7)8/h2-5,8H,1H3. The van der Waals surface area contributed by atoms with Crippen LogP contribution in [0.3, 0.4) is 0 Å². The average molecular weight is 156 g/mol. The summed E-state index contributed by atoms with van der Waals surface area (Å²) in [6, 6.07) is 6.62. The summed E-state index contributed by atoms with van der Waals surface area (Å²) in [7, 11) is 0. The first-order chi connectivity index (χ1) is 4.72. The molecule has 10 heavy (non-hydrogen) atoms. The van der Waals surface area contributed by atoms with Crippen molar-refractivity contribution in [2.24, 2.45) is 0 Å². The molecule has 3 heteroatoms. The normalized spacial score (nSPS) is 13.0. The molecule has 0 fully saturated rings. The van der Waals surface area contributed by atoms with Gasteiger partial charge < -0.3 is 9.66 Å². The third-order valence-corrected chi connectivity index (χ3v) is 2.14. The van der Waals surface area contributed by atoms with Crippen molar-refractivity contribution in [1.29, 1.82) is 0 Å². The molecule has 0 aromatic heterocycles. The van der Waals surface area contributed by atoms with Crippen LogP contribution in [0.2, 0.25) is 0 Å². The molecule has 0 bridgehead atoms. The minimum absolute atomic E-state index is 0.100. The van der Waals surface area contributed by atoms with Crippen molar-refractivity contribution in [2.45, 2.75) is 4.90 Å². The highest BCUT2D eigenvalue weighted by Crippen LogP contribution is 2.20. The predicted molar refractivity (Wildman–Crippen MR) is 40.4 cm³/mol. The fourth-order valence-electron chi connectivity index (χ4n) is 0.700. The Hall–Kier alpha value is -0.670. The molecule has 0 amide bonds. The summed E-state index contributed by atoms with van der Waals surface area (Å²) in [5.41, 5.74) is 0. The lowest BCUT2D eigenvalue weighted by Gasteiger charge is -2.04. The Bertz CT molecular complexity index is 223. The Balaban J connectivity index is 3.03. The van der Waals surface area contributed by atoms with Crippen molar-refractivity contribution < 1.29 is 9.66 Å². The van der Waals surface area contributed by atoms with Gasteiger partial charge in [0.05, 0.1) is 0 Å². The summed E-state index contributed by atoms with van der Waals surface area (Å²) >= 11 is -1.09. The SMILES string of the molecule is C[S+]([O-])c1ccccc1O. The van der Waals surface area contributed by atoms with Gasteiger partial charge in [-0.05, 0) is 23.3 Å². The summed E-state index contributed by atoms with van der Waals surface area (Å²) in [6.45, 7) is 0. The maximum atomic E-state index is 10.8. The second kappa shape index (κ2) is 2.94. The van der Waals surface area contributed by atoms with Gasteiger partial charge in [-0.1, -0.05) is 12.1 Å². The maximum Gasteiger partial charge on any atom is 0.194 e. The molecule has 2 nitrogen and oxygen atoms in total. The molecule has 0 heterocycles. The first-order valence-corrected chi connectivity index (χ1v) is 4.39. The molecule has 54 valence electrons. The average Bonchev–Trinajstić information content (AvgIpc) is 1.88. The van der Waals surface area contributed by atoms with E-state index in [-0.39, 0.29) is 5.75 Å². The van der Waals surface area contributed by atoms with Crippen LogP contribution < -0.4 is 0 Å². The second-order valence-corrected chi connectivity index (χ2v) is 3.27. The summed E-state index contributed by atoms with van der Waals surface area (Å²) in [4.78, 5) is 0.488. The minimum atomic E-state index is -1.09. The third-order valence-electron chi connectivity index (χ3n) is 1.17. The van der Waals surface area contributed by atoms with Gasteiger partial charge in [0.2, 0.25) is 0 Å². The van der Waals surface area contributed by atoms with Gasteiger partial charge in [-0.25, -0.2) is 0 Å². The fourth-order valence-corrected chi connectivity index (χ4v) is 1.33. The highest BCUT2D eigenvalue weighted by Gasteiger charge is 2.07. The first-order valence-electron chi connectivity index (χ1n) is 2.83. The van der Waals surface area contributed by atoms with Gasteiger partial charge in [0.25, 0.3) is 0 Å². The number of para-hydroxylation sites is 1. The van der Waals surface area contributed by atoms with Gasteiger partial charge >= 0.3 is 0 Å². The van der Waals surface area contributed by atoms with E-state index in [1.807, 2.05) is 0 Å². The topological polar surface area (TPSA) is 43.3 Å². The number of rotatable bonds is 1. The summed E-state index contributed by atoms with van der Waals surface area (Å²) in [6.07, 6.45) is 1.54. The van der Waals surface area contributed by atoms with Crippen LogP contribution in [0.25, 0.3) is 0 Å². The molecule has 0 aliphatic heterocycles. The maximum absolute atomic E-state index is 10.8. The first kappa shape index (κ1) is 7.44. The molecule has 1 N–H and O–H groups in total. The van der Waals surface area contributed by atoms with E-state index in [2.05, 4.69) is 0 Å². The van der Waals surface area contributed by atoms with Crippen molar-refractivity contribution >= 4 is 11.2 Å². The molecule has 1 aromatic carbocycles. The van der Waals surface area contributed by atoms with Crippen molar-refractivity contribution in [3.05, 3.63) is 24.3 Å². The van der Waals surface area contributed by atoms with Gasteiger partial charge in [-0.3, -0.25) is 0 Å². The van der Waals surface area contributed by atoms with E-state index >= 15 is 0 Å². The molecule has 1 rings (SSSR count). The number of hydrogen-bond donors (Lipinski definition) is 1. The van der Waals surface area contributed by atoms with Crippen LogP contribution in [0.1, 0.15) is 0 Å². The van der Waals surface area contributed by atoms with Crippen molar-refractivity contribution in [1.82, 2.24) is 0 Å². The number of phenols is 1. The fraction of sp³-hybridized carbons (Fsp3) is 0.143. The molecule has 0 spiro atoms. The van der Waals surface area contributed by atoms with Crippen molar-refractivity contribution in [3.63, 3.8) is 0 Å². The van der Waals surface area contributed by atoms with Gasteiger partial charge in [0.15, 0.2) is 10.6 Å². The van der Waals surface area contributed by atoms with E-state index in [9.17, 15) is 4.55 Å². The zero-order valence-corrected chi connectivity index (χ0v) is 6.39. The lowest BCUT2D eigenvalue weighted by Crippen LogP contribution is -1.96. The number of benzene rings is 1. The Morgan fingerprint density at radius 2 is 2.00 bits per heavy atom. The predicted octanol–water partition coefficient (Wildman–Crippen LogP) is 1.13. The van der Waals surface area contributed by atoms with Gasteiger partial charge in [0.1, 0.15) is 6.26 Å². The number of phenolic OH excluding ortho intramolecular Hbond substituents is 1. The lowest BCUT2D eigenvalue weighted by atomic mass is 10.3. The van der Waals surface area contributed by atoms with E-state index < -0.39 is 11.2 Å². The zero-order valence-electron chi connectivity index (χ0n) is 5.57.